The summed E-state index contributed by atoms with van der Waals surface area (Å²) in [7, 11) is 0. The molecule has 1 saturated heterocycles. The van der Waals surface area contributed by atoms with E-state index < -0.39 is 0 Å². The molecular formula is C18H21N9. The molecule has 27 heavy (non-hydrogen) atoms. The minimum atomic E-state index is 0.509. The van der Waals surface area contributed by atoms with E-state index in [4.69, 9.17) is 4.98 Å². The second-order valence-corrected chi connectivity index (χ2v) is 7.00. The summed E-state index contributed by atoms with van der Waals surface area (Å²) in [4.78, 5) is 26.4. The van der Waals surface area contributed by atoms with Gasteiger partial charge in [-0.15, -0.1) is 0 Å². The first-order valence-corrected chi connectivity index (χ1v) is 9.35. The van der Waals surface area contributed by atoms with Crippen molar-refractivity contribution >= 4 is 11.6 Å². The number of hydrogen-bond acceptors (Lipinski definition) is 8. The molecule has 3 aromatic rings. The highest BCUT2D eigenvalue weighted by molar-refractivity contribution is 5.44. The lowest BCUT2D eigenvalue weighted by atomic mass is 10.0. The van der Waals surface area contributed by atoms with E-state index in [1.165, 1.54) is 19.2 Å². The molecule has 0 N–H and O–H groups in total. The van der Waals surface area contributed by atoms with E-state index in [1.54, 1.807) is 23.5 Å². The average Bonchev–Trinajstić information content (AvgIpc) is 3.41. The first kappa shape index (κ1) is 16.1. The lowest BCUT2D eigenvalue weighted by Gasteiger charge is -2.39. The maximum atomic E-state index is 4.70. The minimum Gasteiger partial charge on any atom is -0.355 e. The topological polar surface area (TPSA) is 88.8 Å². The molecule has 1 aliphatic carbocycles. The molecule has 0 atom stereocenters. The van der Waals surface area contributed by atoms with Crippen LogP contribution in [0.1, 0.15) is 25.7 Å². The summed E-state index contributed by atoms with van der Waals surface area (Å²) in [6, 6.07) is 3.17. The van der Waals surface area contributed by atoms with E-state index in [1.807, 2.05) is 18.5 Å². The molecule has 5 rings (SSSR count). The molecule has 0 radical (unpaired) electrons. The molecule has 1 saturated carbocycles. The van der Waals surface area contributed by atoms with Gasteiger partial charge in [-0.25, -0.2) is 24.6 Å². The Balaban J connectivity index is 1.30. The highest BCUT2D eigenvalue weighted by atomic mass is 15.4. The number of rotatable bonds is 5. The van der Waals surface area contributed by atoms with Crippen molar-refractivity contribution < 1.29 is 0 Å². The van der Waals surface area contributed by atoms with Gasteiger partial charge in [0.2, 0.25) is 0 Å². The fourth-order valence-corrected chi connectivity index (χ4v) is 3.77. The van der Waals surface area contributed by atoms with Gasteiger partial charge in [-0.05, 0) is 31.7 Å². The molecule has 4 heterocycles. The van der Waals surface area contributed by atoms with E-state index >= 15 is 0 Å². The lowest BCUT2D eigenvalue weighted by molar-refractivity contribution is 0.457. The molecule has 138 valence electrons. The van der Waals surface area contributed by atoms with Crippen molar-refractivity contribution in [2.45, 2.75) is 37.8 Å². The standard InChI is InChI=1S/C18H21N9/c1-2-14(1)27(16-3-6-19-11-22-16)15-4-7-25(8-5-15)17-9-20-10-18(24-17)26-13-21-12-23-26/h3,6,9-15H,1-2,4-5,7-8H2. The Morgan fingerprint density at radius 1 is 0.889 bits per heavy atom. The van der Waals surface area contributed by atoms with Gasteiger partial charge in [-0.3, -0.25) is 4.98 Å². The smallest absolute Gasteiger partial charge is 0.175 e. The van der Waals surface area contributed by atoms with Crippen molar-refractivity contribution in [1.29, 1.82) is 0 Å². The Labute approximate surface area is 157 Å². The van der Waals surface area contributed by atoms with Crippen LogP contribution in [0.4, 0.5) is 11.6 Å². The SMILES string of the molecule is c1cc(N(C2CC2)C2CCN(c3cncc(-n4cncn4)n3)CC2)ncn1. The van der Waals surface area contributed by atoms with Gasteiger partial charge in [0.1, 0.15) is 30.6 Å². The van der Waals surface area contributed by atoms with Crippen LogP contribution >= 0.6 is 0 Å². The van der Waals surface area contributed by atoms with Crippen LogP contribution < -0.4 is 9.80 Å². The second kappa shape index (κ2) is 6.90. The highest BCUT2D eigenvalue weighted by Gasteiger charge is 2.36. The third kappa shape index (κ3) is 3.32. The Bertz CT molecular complexity index is 871. The molecule has 2 fully saturated rings. The third-order valence-corrected chi connectivity index (χ3v) is 5.22. The molecule has 0 bridgehead atoms. The van der Waals surface area contributed by atoms with Gasteiger partial charge in [0.05, 0.1) is 12.4 Å². The molecule has 1 aliphatic heterocycles. The van der Waals surface area contributed by atoms with Crippen LogP contribution in [0.15, 0.2) is 43.6 Å². The van der Waals surface area contributed by atoms with Gasteiger partial charge in [-0.1, -0.05) is 0 Å². The summed E-state index contributed by atoms with van der Waals surface area (Å²) in [5.41, 5.74) is 0. The minimum absolute atomic E-state index is 0.509. The van der Waals surface area contributed by atoms with Crippen LogP contribution in [0.2, 0.25) is 0 Å². The largest absolute Gasteiger partial charge is 0.355 e. The number of hydrogen-bond donors (Lipinski definition) is 0. The molecule has 3 aromatic heterocycles. The first-order valence-electron chi connectivity index (χ1n) is 9.35. The fourth-order valence-electron chi connectivity index (χ4n) is 3.77. The molecule has 0 unspecified atom stereocenters. The van der Waals surface area contributed by atoms with E-state index in [2.05, 4.69) is 34.8 Å². The highest BCUT2D eigenvalue weighted by Crippen LogP contribution is 2.35. The summed E-state index contributed by atoms with van der Waals surface area (Å²) < 4.78 is 1.63. The Kier molecular flexibility index (Phi) is 4.11. The molecule has 9 nitrogen and oxygen atoms in total. The van der Waals surface area contributed by atoms with Crippen LogP contribution in [0.25, 0.3) is 5.82 Å². The summed E-state index contributed by atoms with van der Waals surface area (Å²) in [6.45, 7) is 1.91. The second-order valence-electron chi connectivity index (χ2n) is 7.00. The van der Waals surface area contributed by atoms with E-state index in [9.17, 15) is 0 Å². The van der Waals surface area contributed by atoms with E-state index in [0.29, 0.717) is 17.9 Å². The van der Waals surface area contributed by atoms with Crippen molar-refractivity contribution in [2.24, 2.45) is 0 Å². The molecule has 0 spiro atoms. The van der Waals surface area contributed by atoms with Crippen LogP contribution in [0, 0.1) is 0 Å². The summed E-state index contributed by atoms with van der Waals surface area (Å²) >= 11 is 0. The molecule has 0 aromatic carbocycles. The first-order chi connectivity index (χ1) is 13.4. The molecule has 0 amide bonds. The van der Waals surface area contributed by atoms with Gasteiger partial charge in [-0.2, -0.15) is 5.10 Å². The Hall–Kier alpha value is -3.10. The van der Waals surface area contributed by atoms with Crippen LogP contribution in [0.5, 0.6) is 0 Å². The monoisotopic (exact) mass is 363 g/mol. The van der Waals surface area contributed by atoms with Crippen LogP contribution in [-0.2, 0) is 0 Å². The van der Waals surface area contributed by atoms with Crippen molar-refractivity contribution in [1.82, 2.24) is 34.7 Å². The predicted molar refractivity (Wildman–Crippen MR) is 99.7 cm³/mol. The van der Waals surface area contributed by atoms with E-state index in [-0.39, 0.29) is 0 Å². The predicted octanol–water partition coefficient (Wildman–Crippen LogP) is 1.49. The van der Waals surface area contributed by atoms with Gasteiger partial charge in [0.15, 0.2) is 5.82 Å². The van der Waals surface area contributed by atoms with Gasteiger partial charge >= 0.3 is 0 Å². The molecule has 9 heteroatoms. The van der Waals surface area contributed by atoms with Gasteiger partial charge in [0, 0.05) is 31.4 Å². The molecular weight excluding hydrogens is 342 g/mol. The normalized spacial score (nSPS) is 17.9. The quantitative estimate of drug-likeness (QED) is 0.674. The summed E-state index contributed by atoms with van der Waals surface area (Å²) in [5.74, 6) is 2.63. The van der Waals surface area contributed by atoms with Crippen molar-refractivity contribution in [3.63, 3.8) is 0 Å². The Morgan fingerprint density at radius 3 is 2.41 bits per heavy atom. The number of nitrogens with zero attached hydrogens (tertiary/aromatic N) is 9. The average molecular weight is 363 g/mol. The maximum Gasteiger partial charge on any atom is 0.175 e. The summed E-state index contributed by atoms with van der Waals surface area (Å²) in [5, 5.41) is 4.13. The van der Waals surface area contributed by atoms with Gasteiger partial charge < -0.3 is 9.80 Å². The van der Waals surface area contributed by atoms with Crippen molar-refractivity contribution in [3.05, 3.63) is 43.6 Å². The zero-order valence-electron chi connectivity index (χ0n) is 15.0. The lowest BCUT2D eigenvalue weighted by Crippen LogP contribution is -2.46. The maximum absolute atomic E-state index is 4.70. The van der Waals surface area contributed by atoms with Crippen LogP contribution in [0.3, 0.4) is 0 Å². The van der Waals surface area contributed by atoms with Gasteiger partial charge in [0.25, 0.3) is 0 Å². The summed E-state index contributed by atoms with van der Waals surface area (Å²) in [6.07, 6.45) is 14.8. The zero-order valence-corrected chi connectivity index (χ0v) is 15.0. The van der Waals surface area contributed by atoms with Crippen LogP contribution in [-0.4, -0.2) is 59.9 Å². The van der Waals surface area contributed by atoms with Crippen molar-refractivity contribution in [3.8, 4) is 5.82 Å². The Morgan fingerprint density at radius 2 is 1.70 bits per heavy atom. The fraction of sp³-hybridized carbons (Fsp3) is 0.444. The molecule has 2 aliphatic rings. The number of aromatic nitrogens is 7. The number of piperidine rings is 1. The third-order valence-electron chi connectivity index (χ3n) is 5.22. The number of anilines is 2. The van der Waals surface area contributed by atoms with Crippen molar-refractivity contribution in [2.75, 3.05) is 22.9 Å². The van der Waals surface area contributed by atoms with E-state index in [0.717, 1.165) is 37.6 Å². The zero-order chi connectivity index (χ0) is 18.1.